The molecule has 1 atom stereocenters. The Kier molecular flexibility index (Phi) is 5.80. The fourth-order valence-electron chi connectivity index (χ4n) is 1.82. The smallest absolute Gasteiger partial charge is 0.137 e. The van der Waals surface area contributed by atoms with Crippen molar-refractivity contribution in [1.29, 1.82) is 0 Å². The van der Waals surface area contributed by atoms with Crippen LogP contribution in [0.4, 0.5) is 0 Å². The van der Waals surface area contributed by atoms with Crippen LogP contribution in [-0.2, 0) is 0 Å². The quantitative estimate of drug-likeness (QED) is 0.608. The number of hydrogen-bond donors (Lipinski definition) is 2. The number of nitrogens with two attached hydrogens (primary N) is 1. The maximum Gasteiger partial charge on any atom is 0.137 e. The zero-order valence-electron chi connectivity index (χ0n) is 11.8. The maximum atomic E-state index is 5.83. The average molecular weight is 308 g/mol. The number of hydrogen-bond acceptors (Lipinski definition) is 5. The van der Waals surface area contributed by atoms with Gasteiger partial charge in [-0.3, -0.25) is 10.8 Å². The predicted molar refractivity (Wildman–Crippen MR) is 82.4 cm³/mol. The Balaban J connectivity index is 2.02. The van der Waals surface area contributed by atoms with Crippen molar-refractivity contribution in [2.45, 2.75) is 13.0 Å². The number of nitrogens with one attached hydrogen (secondary N) is 1. The molecule has 0 aliphatic rings. The van der Waals surface area contributed by atoms with Gasteiger partial charge in [0.05, 0.1) is 18.8 Å². The van der Waals surface area contributed by atoms with Crippen molar-refractivity contribution >= 4 is 11.6 Å². The molecule has 1 unspecified atom stereocenters. The van der Waals surface area contributed by atoms with E-state index in [2.05, 4.69) is 10.4 Å². The number of hydrazine groups is 1. The highest BCUT2D eigenvalue weighted by Gasteiger charge is 2.12. The van der Waals surface area contributed by atoms with Gasteiger partial charge in [0.15, 0.2) is 0 Å². The van der Waals surface area contributed by atoms with Crippen LogP contribution in [0.3, 0.4) is 0 Å². The molecule has 6 heteroatoms. The molecule has 0 bridgehead atoms. The Hall–Kier alpha value is -1.82. The molecular weight excluding hydrogens is 290 g/mol. The molecule has 0 spiro atoms. The Labute approximate surface area is 129 Å². The molecule has 2 aromatic rings. The Morgan fingerprint density at radius 3 is 2.62 bits per heavy atom. The normalized spacial score (nSPS) is 12.0. The van der Waals surface area contributed by atoms with Gasteiger partial charge in [-0.15, -0.1) is 0 Å². The molecule has 1 heterocycles. The van der Waals surface area contributed by atoms with Gasteiger partial charge in [-0.2, -0.15) is 0 Å². The van der Waals surface area contributed by atoms with Crippen LogP contribution in [0.2, 0.25) is 5.02 Å². The molecule has 3 N–H and O–H groups in total. The topological polar surface area (TPSA) is 69.4 Å². The number of benzene rings is 1. The van der Waals surface area contributed by atoms with Crippen molar-refractivity contribution in [2.24, 2.45) is 5.84 Å². The Bertz CT molecular complexity index is 563. The third-order valence-electron chi connectivity index (χ3n) is 2.88. The monoisotopic (exact) mass is 307 g/mol. The highest BCUT2D eigenvalue weighted by atomic mass is 35.5. The Morgan fingerprint density at radius 2 is 1.95 bits per heavy atom. The molecule has 1 aromatic heterocycles. The molecule has 21 heavy (non-hydrogen) atoms. The van der Waals surface area contributed by atoms with Crippen molar-refractivity contribution < 1.29 is 9.47 Å². The van der Waals surface area contributed by atoms with Crippen LogP contribution in [0.5, 0.6) is 11.5 Å². The van der Waals surface area contributed by atoms with Gasteiger partial charge >= 0.3 is 0 Å². The van der Waals surface area contributed by atoms with E-state index in [1.807, 2.05) is 25.1 Å². The molecular formula is C15H18ClN3O2. The number of rotatable bonds is 7. The van der Waals surface area contributed by atoms with Crippen LogP contribution in [-0.4, -0.2) is 18.2 Å². The van der Waals surface area contributed by atoms with E-state index in [1.165, 1.54) is 0 Å². The minimum Gasteiger partial charge on any atom is -0.492 e. The number of nitrogens with zero attached hydrogens (tertiary/aromatic N) is 1. The van der Waals surface area contributed by atoms with Gasteiger partial charge in [0.2, 0.25) is 0 Å². The average Bonchev–Trinajstić information content (AvgIpc) is 2.50. The van der Waals surface area contributed by atoms with Crippen LogP contribution >= 0.6 is 11.6 Å². The van der Waals surface area contributed by atoms with E-state index in [0.717, 1.165) is 11.3 Å². The van der Waals surface area contributed by atoms with Gasteiger partial charge in [-0.05, 0) is 42.8 Å². The van der Waals surface area contributed by atoms with E-state index in [1.54, 1.807) is 24.5 Å². The SMILES string of the molecule is CCOc1cncc(C(COc2ccc(Cl)cc2)NN)c1. The second-order valence-corrected chi connectivity index (χ2v) is 4.81. The summed E-state index contributed by atoms with van der Waals surface area (Å²) in [6, 6.07) is 8.88. The standard InChI is InChI=1S/C15H18ClN3O2/c1-2-20-14-7-11(8-18-9-14)15(19-17)10-21-13-5-3-12(16)4-6-13/h3-9,15,19H,2,10,17H2,1H3. The third-order valence-corrected chi connectivity index (χ3v) is 3.13. The van der Waals surface area contributed by atoms with Gasteiger partial charge in [0.1, 0.15) is 18.1 Å². The first-order chi connectivity index (χ1) is 10.2. The summed E-state index contributed by atoms with van der Waals surface area (Å²) in [5.41, 5.74) is 3.62. The zero-order valence-corrected chi connectivity index (χ0v) is 12.5. The molecule has 112 valence electrons. The van der Waals surface area contributed by atoms with Gasteiger partial charge in [-0.1, -0.05) is 11.6 Å². The lowest BCUT2D eigenvalue weighted by molar-refractivity contribution is 0.266. The number of halogens is 1. The van der Waals surface area contributed by atoms with Gasteiger partial charge in [-0.25, -0.2) is 5.43 Å². The first-order valence-electron chi connectivity index (χ1n) is 6.65. The summed E-state index contributed by atoms with van der Waals surface area (Å²) in [6.45, 7) is 2.89. The lowest BCUT2D eigenvalue weighted by Gasteiger charge is -2.17. The molecule has 5 nitrogen and oxygen atoms in total. The van der Waals surface area contributed by atoms with Crippen molar-refractivity contribution in [1.82, 2.24) is 10.4 Å². The number of ether oxygens (including phenoxy) is 2. The molecule has 0 saturated carbocycles. The second-order valence-electron chi connectivity index (χ2n) is 4.37. The van der Waals surface area contributed by atoms with Crippen molar-refractivity contribution in [2.75, 3.05) is 13.2 Å². The molecule has 1 aromatic carbocycles. The van der Waals surface area contributed by atoms with Crippen LogP contribution in [0.1, 0.15) is 18.5 Å². The lowest BCUT2D eigenvalue weighted by atomic mass is 10.1. The predicted octanol–water partition coefficient (Wildman–Crippen LogP) is 2.72. The second kappa shape index (κ2) is 7.83. The first-order valence-corrected chi connectivity index (χ1v) is 7.03. The fourth-order valence-corrected chi connectivity index (χ4v) is 1.95. The molecule has 0 aliphatic carbocycles. The molecule has 0 amide bonds. The summed E-state index contributed by atoms with van der Waals surface area (Å²) >= 11 is 5.83. The summed E-state index contributed by atoms with van der Waals surface area (Å²) < 4.78 is 11.1. The minimum absolute atomic E-state index is 0.186. The molecule has 2 rings (SSSR count). The molecule has 0 saturated heterocycles. The summed E-state index contributed by atoms with van der Waals surface area (Å²) in [4.78, 5) is 4.15. The summed E-state index contributed by atoms with van der Waals surface area (Å²) in [5, 5.41) is 0.671. The van der Waals surface area contributed by atoms with Crippen molar-refractivity contribution in [3.63, 3.8) is 0 Å². The van der Waals surface area contributed by atoms with Crippen molar-refractivity contribution in [3.8, 4) is 11.5 Å². The highest BCUT2D eigenvalue weighted by Crippen LogP contribution is 2.20. The number of aromatic nitrogens is 1. The maximum absolute atomic E-state index is 5.83. The fraction of sp³-hybridized carbons (Fsp3) is 0.267. The van der Waals surface area contributed by atoms with E-state index in [0.29, 0.717) is 24.0 Å². The van der Waals surface area contributed by atoms with E-state index in [9.17, 15) is 0 Å². The van der Waals surface area contributed by atoms with E-state index in [4.69, 9.17) is 26.9 Å². The van der Waals surface area contributed by atoms with Crippen molar-refractivity contribution in [3.05, 3.63) is 53.3 Å². The van der Waals surface area contributed by atoms with E-state index in [-0.39, 0.29) is 6.04 Å². The largest absolute Gasteiger partial charge is 0.492 e. The first kappa shape index (κ1) is 15.6. The van der Waals surface area contributed by atoms with E-state index >= 15 is 0 Å². The molecule has 0 radical (unpaired) electrons. The number of pyridine rings is 1. The summed E-state index contributed by atoms with van der Waals surface area (Å²) in [5.74, 6) is 7.04. The minimum atomic E-state index is -0.186. The zero-order chi connectivity index (χ0) is 15.1. The molecule has 0 fully saturated rings. The third kappa shape index (κ3) is 4.60. The van der Waals surface area contributed by atoms with Crippen LogP contribution < -0.4 is 20.7 Å². The van der Waals surface area contributed by atoms with Crippen LogP contribution in [0.25, 0.3) is 0 Å². The lowest BCUT2D eigenvalue weighted by Crippen LogP contribution is -2.32. The van der Waals surface area contributed by atoms with Crippen LogP contribution in [0, 0.1) is 0 Å². The van der Waals surface area contributed by atoms with Gasteiger partial charge < -0.3 is 9.47 Å². The Morgan fingerprint density at radius 1 is 1.19 bits per heavy atom. The van der Waals surface area contributed by atoms with Gasteiger partial charge in [0.25, 0.3) is 0 Å². The van der Waals surface area contributed by atoms with Crippen LogP contribution in [0.15, 0.2) is 42.7 Å². The van der Waals surface area contributed by atoms with Gasteiger partial charge in [0, 0.05) is 11.2 Å². The molecule has 0 aliphatic heterocycles. The highest BCUT2D eigenvalue weighted by molar-refractivity contribution is 6.30. The van der Waals surface area contributed by atoms with E-state index < -0.39 is 0 Å². The summed E-state index contributed by atoms with van der Waals surface area (Å²) in [7, 11) is 0. The summed E-state index contributed by atoms with van der Waals surface area (Å²) in [6.07, 6.45) is 3.40.